The highest BCUT2D eigenvalue weighted by atomic mass is 15.3. The largest absolute Gasteiger partial charge is 0.383 e. The molecule has 2 saturated heterocycles. The number of nitrogens with one attached hydrogen (secondary N) is 1. The maximum Gasteiger partial charge on any atom is 0.0340 e. The predicted octanol–water partition coefficient (Wildman–Crippen LogP) is 3.05. The SMILES string of the molecule is CC(CNc1ccccc1)N1CCC(N2CCCCC2)C1. The number of para-hydroxylation sites is 1. The van der Waals surface area contributed by atoms with Crippen LogP contribution < -0.4 is 5.32 Å². The first-order valence-corrected chi connectivity index (χ1v) is 8.60. The van der Waals surface area contributed by atoms with Crippen LogP contribution in [0.3, 0.4) is 0 Å². The molecule has 0 radical (unpaired) electrons. The van der Waals surface area contributed by atoms with E-state index in [1.807, 2.05) is 0 Å². The van der Waals surface area contributed by atoms with Crippen LogP contribution in [0.25, 0.3) is 0 Å². The Labute approximate surface area is 129 Å². The Balaban J connectivity index is 1.44. The molecule has 2 atom stereocenters. The highest BCUT2D eigenvalue weighted by Gasteiger charge is 2.30. The van der Waals surface area contributed by atoms with E-state index >= 15 is 0 Å². The Morgan fingerprint density at radius 2 is 1.86 bits per heavy atom. The van der Waals surface area contributed by atoms with Crippen LogP contribution in [0.5, 0.6) is 0 Å². The van der Waals surface area contributed by atoms with Crippen molar-refractivity contribution >= 4 is 5.69 Å². The molecule has 1 N–H and O–H groups in total. The zero-order chi connectivity index (χ0) is 14.5. The molecule has 2 aliphatic rings. The molecule has 0 bridgehead atoms. The van der Waals surface area contributed by atoms with Crippen LogP contribution >= 0.6 is 0 Å². The molecule has 2 aliphatic heterocycles. The minimum Gasteiger partial charge on any atom is -0.383 e. The second-order valence-corrected chi connectivity index (χ2v) is 6.63. The number of rotatable bonds is 5. The highest BCUT2D eigenvalue weighted by Crippen LogP contribution is 2.21. The zero-order valence-corrected chi connectivity index (χ0v) is 13.3. The summed E-state index contributed by atoms with van der Waals surface area (Å²) in [6.07, 6.45) is 5.60. The minimum atomic E-state index is 0.611. The van der Waals surface area contributed by atoms with Gasteiger partial charge in [-0.3, -0.25) is 9.80 Å². The van der Waals surface area contributed by atoms with Crippen LogP contribution in [0, 0.1) is 0 Å². The number of piperidine rings is 1. The van der Waals surface area contributed by atoms with Gasteiger partial charge in [0.05, 0.1) is 0 Å². The lowest BCUT2D eigenvalue weighted by Crippen LogP contribution is -2.43. The minimum absolute atomic E-state index is 0.611. The van der Waals surface area contributed by atoms with Crippen LogP contribution in [-0.2, 0) is 0 Å². The quantitative estimate of drug-likeness (QED) is 0.898. The van der Waals surface area contributed by atoms with Crippen molar-refractivity contribution in [1.82, 2.24) is 9.80 Å². The molecule has 2 fully saturated rings. The molecule has 3 rings (SSSR count). The van der Waals surface area contributed by atoms with Crippen molar-refractivity contribution in [2.45, 2.75) is 44.7 Å². The lowest BCUT2D eigenvalue weighted by Gasteiger charge is -2.33. The predicted molar refractivity (Wildman–Crippen MR) is 89.8 cm³/mol. The molecule has 0 aromatic heterocycles. The third kappa shape index (κ3) is 3.98. The van der Waals surface area contributed by atoms with E-state index in [0.29, 0.717) is 6.04 Å². The molecule has 1 aromatic rings. The molecule has 3 heteroatoms. The monoisotopic (exact) mass is 287 g/mol. The number of nitrogens with zero attached hydrogens (tertiary/aromatic N) is 2. The Hall–Kier alpha value is -1.06. The van der Waals surface area contributed by atoms with Gasteiger partial charge in [-0.15, -0.1) is 0 Å². The summed E-state index contributed by atoms with van der Waals surface area (Å²) >= 11 is 0. The summed E-state index contributed by atoms with van der Waals surface area (Å²) in [4.78, 5) is 5.40. The summed E-state index contributed by atoms with van der Waals surface area (Å²) < 4.78 is 0. The smallest absolute Gasteiger partial charge is 0.0340 e. The Kier molecular flexibility index (Phi) is 5.15. The summed E-state index contributed by atoms with van der Waals surface area (Å²) in [5, 5.41) is 3.56. The molecule has 116 valence electrons. The molecule has 1 aromatic carbocycles. The molecule has 2 unspecified atom stereocenters. The number of likely N-dealkylation sites (tertiary alicyclic amines) is 2. The first kappa shape index (κ1) is 14.9. The lowest BCUT2D eigenvalue weighted by atomic mass is 10.1. The number of anilines is 1. The average Bonchev–Trinajstić information content (AvgIpc) is 3.04. The second-order valence-electron chi connectivity index (χ2n) is 6.63. The second kappa shape index (κ2) is 7.28. The fourth-order valence-electron chi connectivity index (χ4n) is 3.70. The van der Waals surface area contributed by atoms with Crippen LogP contribution in [-0.4, -0.2) is 54.6 Å². The van der Waals surface area contributed by atoms with E-state index in [4.69, 9.17) is 0 Å². The number of hydrogen-bond donors (Lipinski definition) is 1. The van der Waals surface area contributed by atoms with Crippen molar-refractivity contribution in [3.8, 4) is 0 Å². The summed E-state index contributed by atoms with van der Waals surface area (Å²) in [5.41, 5.74) is 1.23. The molecular formula is C18H29N3. The third-order valence-corrected chi connectivity index (χ3v) is 5.10. The average molecular weight is 287 g/mol. The number of hydrogen-bond acceptors (Lipinski definition) is 3. The Morgan fingerprint density at radius 1 is 1.10 bits per heavy atom. The van der Waals surface area contributed by atoms with Gasteiger partial charge in [0.2, 0.25) is 0 Å². The van der Waals surface area contributed by atoms with Gasteiger partial charge in [-0.1, -0.05) is 24.6 Å². The van der Waals surface area contributed by atoms with E-state index in [9.17, 15) is 0 Å². The van der Waals surface area contributed by atoms with Crippen molar-refractivity contribution in [1.29, 1.82) is 0 Å². The van der Waals surface area contributed by atoms with Crippen molar-refractivity contribution in [2.24, 2.45) is 0 Å². The van der Waals surface area contributed by atoms with Crippen LogP contribution in [0.4, 0.5) is 5.69 Å². The molecule has 21 heavy (non-hydrogen) atoms. The normalized spacial score (nSPS) is 25.9. The molecule has 0 saturated carbocycles. The van der Waals surface area contributed by atoms with Crippen LogP contribution in [0.1, 0.15) is 32.6 Å². The van der Waals surface area contributed by atoms with Gasteiger partial charge in [0.25, 0.3) is 0 Å². The van der Waals surface area contributed by atoms with Crippen molar-refractivity contribution in [3.63, 3.8) is 0 Å². The van der Waals surface area contributed by atoms with Crippen molar-refractivity contribution in [3.05, 3.63) is 30.3 Å². The molecule has 0 aliphatic carbocycles. The summed E-state index contributed by atoms with van der Waals surface area (Å²) in [6, 6.07) is 12.0. The van der Waals surface area contributed by atoms with Gasteiger partial charge < -0.3 is 5.32 Å². The van der Waals surface area contributed by atoms with E-state index in [-0.39, 0.29) is 0 Å². The molecular weight excluding hydrogens is 258 g/mol. The van der Waals surface area contributed by atoms with Gasteiger partial charge in [0.1, 0.15) is 0 Å². The van der Waals surface area contributed by atoms with Crippen LogP contribution in [0.15, 0.2) is 30.3 Å². The zero-order valence-electron chi connectivity index (χ0n) is 13.3. The van der Waals surface area contributed by atoms with E-state index in [1.165, 1.54) is 57.5 Å². The Morgan fingerprint density at radius 3 is 2.62 bits per heavy atom. The third-order valence-electron chi connectivity index (χ3n) is 5.10. The standard InChI is InChI=1S/C18H29N3/c1-16(14-19-17-8-4-2-5-9-17)21-13-10-18(15-21)20-11-6-3-7-12-20/h2,4-5,8-9,16,18-19H,3,6-7,10-15H2,1H3. The first-order chi connectivity index (χ1) is 10.3. The summed E-state index contributed by atoms with van der Waals surface area (Å²) in [6.45, 7) is 8.58. The lowest BCUT2D eigenvalue weighted by molar-refractivity contribution is 0.155. The molecule has 0 spiro atoms. The van der Waals surface area contributed by atoms with Crippen molar-refractivity contribution < 1.29 is 0 Å². The van der Waals surface area contributed by atoms with Gasteiger partial charge in [0, 0.05) is 37.4 Å². The number of benzene rings is 1. The van der Waals surface area contributed by atoms with Gasteiger partial charge in [-0.2, -0.15) is 0 Å². The van der Waals surface area contributed by atoms with Crippen LogP contribution in [0.2, 0.25) is 0 Å². The molecule has 3 nitrogen and oxygen atoms in total. The summed E-state index contributed by atoms with van der Waals surface area (Å²) in [5.74, 6) is 0. The maximum absolute atomic E-state index is 3.56. The van der Waals surface area contributed by atoms with Gasteiger partial charge >= 0.3 is 0 Å². The summed E-state index contributed by atoms with van der Waals surface area (Å²) in [7, 11) is 0. The molecule has 0 amide bonds. The first-order valence-electron chi connectivity index (χ1n) is 8.60. The highest BCUT2D eigenvalue weighted by molar-refractivity contribution is 5.42. The van der Waals surface area contributed by atoms with Crippen molar-refractivity contribution in [2.75, 3.05) is 38.0 Å². The van der Waals surface area contributed by atoms with E-state index in [2.05, 4.69) is 52.4 Å². The van der Waals surface area contributed by atoms with E-state index in [0.717, 1.165) is 12.6 Å². The van der Waals surface area contributed by atoms with Gasteiger partial charge in [-0.25, -0.2) is 0 Å². The fraction of sp³-hybridized carbons (Fsp3) is 0.667. The van der Waals surface area contributed by atoms with Gasteiger partial charge in [0.15, 0.2) is 0 Å². The molecule has 2 heterocycles. The van der Waals surface area contributed by atoms with E-state index in [1.54, 1.807) is 0 Å². The van der Waals surface area contributed by atoms with Gasteiger partial charge in [-0.05, 0) is 51.4 Å². The Bertz CT molecular complexity index is 414. The maximum atomic E-state index is 3.56. The van der Waals surface area contributed by atoms with E-state index < -0.39 is 0 Å². The topological polar surface area (TPSA) is 18.5 Å². The fourth-order valence-corrected chi connectivity index (χ4v) is 3.70.